The lowest BCUT2D eigenvalue weighted by Crippen LogP contribution is -2.40. The molecule has 0 spiro atoms. The molecule has 0 fully saturated rings. The van der Waals surface area contributed by atoms with Crippen LogP contribution >= 0.6 is 34.5 Å². The molecule has 0 atom stereocenters. The Kier molecular flexibility index (Phi) is 5.91. The van der Waals surface area contributed by atoms with E-state index in [0.29, 0.717) is 27.3 Å². The molecule has 1 heterocycles. The standard InChI is InChI=1S/C11H14Cl2N2O2S/c1-3-14-9(16)6-15(4-2)11(17)7-5-8(12)18-10(7)13/h5H,3-4,6H2,1-2H3,(H,14,16). The smallest absolute Gasteiger partial charge is 0.256 e. The minimum Gasteiger partial charge on any atom is -0.355 e. The van der Waals surface area contributed by atoms with Crippen LogP contribution in [0.1, 0.15) is 24.2 Å². The number of rotatable bonds is 5. The molecule has 2 amide bonds. The third-order valence-electron chi connectivity index (χ3n) is 2.26. The second kappa shape index (κ2) is 6.97. The molecule has 0 aliphatic rings. The Hall–Kier alpha value is -0.780. The molecule has 100 valence electrons. The molecule has 1 N–H and O–H groups in total. The predicted molar refractivity (Wildman–Crippen MR) is 74.6 cm³/mol. The minimum atomic E-state index is -0.281. The lowest BCUT2D eigenvalue weighted by Gasteiger charge is -2.19. The first-order chi connectivity index (χ1) is 8.49. The van der Waals surface area contributed by atoms with Gasteiger partial charge in [-0.15, -0.1) is 11.3 Å². The highest BCUT2D eigenvalue weighted by atomic mass is 35.5. The Morgan fingerprint density at radius 3 is 2.50 bits per heavy atom. The van der Waals surface area contributed by atoms with Gasteiger partial charge in [-0.25, -0.2) is 0 Å². The molecule has 0 unspecified atom stereocenters. The molecule has 0 radical (unpaired) electrons. The van der Waals surface area contributed by atoms with Crippen LogP contribution in [0.3, 0.4) is 0 Å². The number of amides is 2. The fourth-order valence-electron chi connectivity index (χ4n) is 1.41. The number of likely N-dealkylation sites (N-methyl/N-ethyl adjacent to an activating group) is 2. The maximum Gasteiger partial charge on any atom is 0.256 e. The van der Waals surface area contributed by atoms with E-state index in [9.17, 15) is 9.59 Å². The van der Waals surface area contributed by atoms with Crippen molar-refractivity contribution in [2.45, 2.75) is 13.8 Å². The monoisotopic (exact) mass is 308 g/mol. The molecule has 0 aliphatic carbocycles. The van der Waals surface area contributed by atoms with E-state index < -0.39 is 0 Å². The minimum absolute atomic E-state index is 0.0208. The molecule has 0 bridgehead atoms. The Bertz CT molecular complexity index is 448. The highest BCUT2D eigenvalue weighted by Crippen LogP contribution is 2.31. The van der Waals surface area contributed by atoms with Crippen molar-refractivity contribution in [2.24, 2.45) is 0 Å². The summed E-state index contributed by atoms with van der Waals surface area (Å²) in [5.41, 5.74) is 0.345. The third kappa shape index (κ3) is 3.86. The van der Waals surface area contributed by atoms with Crippen LogP contribution in [-0.2, 0) is 4.79 Å². The van der Waals surface area contributed by atoms with E-state index in [4.69, 9.17) is 23.2 Å². The van der Waals surface area contributed by atoms with Crippen molar-refractivity contribution in [1.82, 2.24) is 10.2 Å². The van der Waals surface area contributed by atoms with Gasteiger partial charge in [-0.1, -0.05) is 23.2 Å². The molecule has 0 saturated heterocycles. The lowest BCUT2D eigenvalue weighted by molar-refractivity contribution is -0.121. The van der Waals surface area contributed by atoms with Crippen LogP contribution in [0.15, 0.2) is 6.07 Å². The molecule has 7 heteroatoms. The zero-order valence-corrected chi connectivity index (χ0v) is 12.5. The molecular weight excluding hydrogens is 295 g/mol. The van der Waals surface area contributed by atoms with E-state index in [-0.39, 0.29) is 18.4 Å². The predicted octanol–water partition coefficient (Wildman–Crippen LogP) is 2.65. The molecule has 0 saturated carbocycles. The van der Waals surface area contributed by atoms with Gasteiger partial charge < -0.3 is 10.2 Å². The lowest BCUT2D eigenvalue weighted by atomic mass is 10.3. The molecule has 0 aliphatic heterocycles. The zero-order valence-electron chi connectivity index (χ0n) is 10.1. The summed E-state index contributed by atoms with van der Waals surface area (Å²) in [4.78, 5) is 25.1. The van der Waals surface area contributed by atoms with E-state index in [1.54, 1.807) is 6.92 Å². The van der Waals surface area contributed by atoms with Crippen molar-refractivity contribution in [3.8, 4) is 0 Å². The van der Waals surface area contributed by atoms with Crippen LogP contribution < -0.4 is 5.32 Å². The van der Waals surface area contributed by atoms with E-state index in [1.807, 2.05) is 6.92 Å². The molecule has 1 rings (SSSR count). The van der Waals surface area contributed by atoms with E-state index in [1.165, 1.54) is 11.0 Å². The van der Waals surface area contributed by atoms with Crippen LogP contribution in [0.4, 0.5) is 0 Å². The summed E-state index contributed by atoms with van der Waals surface area (Å²) in [5.74, 6) is -0.470. The van der Waals surface area contributed by atoms with Crippen molar-refractivity contribution in [1.29, 1.82) is 0 Å². The number of nitrogens with one attached hydrogen (secondary N) is 1. The van der Waals surface area contributed by atoms with Gasteiger partial charge in [-0.2, -0.15) is 0 Å². The van der Waals surface area contributed by atoms with Crippen LogP contribution in [0.25, 0.3) is 0 Å². The maximum atomic E-state index is 12.2. The van der Waals surface area contributed by atoms with Gasteiger partial charge in [-0.05, 0) is 19.9 Å². The maximum absolute atomic E-state index is 12.2. The normalized spacial score (nSPS) is 10.2. The summed E-state index contributed by atoms with van der Waals surface area (Å²) in [7, 11) is 0. The first-order valence-electron chi connectivity index (χ1n) is 5.50. The van der Waals surface area contributed by atoms with Gasteiger partial charge in [0.25, 0.3) is 5.91 Å². The first kappa shape index (κ1) is 15.3. The second-order valence-electron chi connectivity index (χ2n) is 3.51. The Labute approximate surface area is 120 Å². The van der Waals surface area contributed by atoms with Gasteiger partial charge in [-0.3, -0.25) is 9.59 Å². The number of hydrogen-bond donors (Lipinski definition) is 1. The van der Waals surface area contributed by atoms with E-state index >= 15 is 0 Å². The average Bonchev–Trinajstić information content (AvgIpc) is 2.65. The Morgan fingerprint density at radius 1 is 1.39 bits per heavy atom. The fraction of sp³-hybridized carbons (Fsp3) is 0.455. The van der Waals surface area contributed by atoms with Crippen molar-refractivity contribution < 1.29 is 9.59 Å². The SMILES string of the molecule is CCNC(=O)CN(CC)C(=O)c1cc(Cl)sc1Cl. The third-order valence-corrected chi connectivity index (χ3v) is 3.75. The Balaban J connectivity index is 2.79. The summed E-state index contributed by atoms with van der Waals surface area (Å²) in [6.07, 6.45) is 0. The van der Waals surface area contributed by atoms with Crippen molar-refractivity contribution in [2.75, 3.05) is 19.6 Å². The summed E-state index contributed by atoms with van der Waals surface area (Å²) in [6.45, 7) is 4.62. The van der Waals surface area contributed by atoms with Crippen LogP contribution in [-0.4, -0.2) is 36.3 Å². The van der Waals surface area contributed by atoms with Crippen LogP contribution in [0, 0.1) is 0 Å². The topological polar surface area (TPSA) is 49.4 Å². The van der Waals surface area contributed by atoms with Crippen molar-refractivity contribution >= 4 is 46.4 Å². The van der Waals surface area contributed by atoms with Crippen molar-refractivity contribution in [3.63, 3.8) is 0 Å². The van der Waals surface area contributed by atoms with Crippen LogP contribution in [0.5, 0.6) is 0 Å². The van der Waals surface area contributed by atoms with Crippen molar-refractivity contribution in [3.05, 3.63) is 20.3 Å². The first-order valence-corrected chi connectivity index (χ1v) is 7.07. The number of halogens is 2. The molecular formula is C11H14Cl2N2O2S. The number of thiophene rings is 1. The summed E-state index contributed by atoms with van der Waals surface area (Å²) in [5, 5.41) is 2.65. The molecule has 0 aromatic carbocycles. The quantitative estimate of drug-likeness (QED) is 0.909. The van der Waals surface area contributed by atoms with E-state index in [0.717, 1.165) is 11.3 Å². The van der Waals surface area contributed by atoms with Gasteiger partial charge in [0.1, 0.15) is 4.34 Å². The molecule has 4 nitrogen and oxygen atoms in total. The van der Waals surface area contributed by atoms with E-state index in [2.05, 4.69) is 5.32 Å². The zero-order chi connectivity index (χ0) is 13.7. The summed E-state index contributed by atoms with van der Waals surface area (Å²) in [6, 6.07) is 1.53. The molecule has 18 heavy (non-hydrogen) atoms. The second-order valence-corrected chi connectivity index (χ2v) is 5.80. The largest absolute Gasteiger partial charge is 0.355 e. The number of nitrogens with zero attached hydrogens (tertiary/aromatic N) is 1. The number of carbonyl (C=O) groups is 2. The Morgan fingerprint density at radius 2 is 2.06 bits per heavy atom. The number of hydrogen-bond acceptors (Lipinski definition) is 3. The van der Waals surface area contributed by atoms with Gasteiger partial charge in [0.15, 0.2) is 0 Å². The highest BCUT2D eigenvalue weighted by Gasteiger charge is 2.21. The highest BCUT2D eigenvalue weighted by molar-refractivity contribution is 7.20. The van der Waals surface area contributed by atoms with Gasteiger partial charge >= 0.3 is 0 Å². The summed E-state index contributed by atoms with van der Waals surface area (Å²) < 4.78 is 0.803. The molecule has 1 aromatic heterocycles. The van der Waals surface area contributed by atoms with Crippen LogP contribution in [0.2, 0.25) is 8.67 Å². The summed E-state index contributed by atoms with van der Waals surface area (Å²) >= 11 is 12.9. The average molecular weight is 309 g/mol. The van der Waals surface area contributed by atoms with Gasteiger partial charge in [0, 0.05) is 13.1 Å². The van der Waals surface area contributed by atoms with Gasteiger partial charge in [0.2, 0.25) is 5.91 Å². The molecule has 1 aromatic rings. The number of carbonyl (C=O) groups excluding carboxylic acids is 2. The van der Waals surface area contributed by atoms with Gasteiger partial charge in [0.05, 0.1) is 16.4 Å². The fourth-order valence-corrected chi connectivity index (χ4v) is 2.86.